The van der Waals surface area contributed by atoms with Crippen molar-refractivity contribution in [2.75, 3.05) is 13.1 Å². The third kappa shape index (κ3) is 3.80. The zero-order valence-electron chi connectivity index (χ0n) is 12.4. The molecule has 1 aliphatic rings. The summed E-state index contributed by atoms with van der Waals surface area (Å²) in [6.07, 6.45) is 3.43. The van der Waals surface area contributed by atoms with Crippen molar-refractivity contribution in [3.63, 3.8) is 0 Å². The second-order valence-electron chi connectivity index (χ2n) is 6.49. The normalized spacial score (nSPS) is 26.8. The summed E-state index contributed by atoms with van der Waals surface area (Å²) in [6.45, 7) is 9.74. The first-order chi connectivity index (χ1) is 9.03. The molecule has 19 heavy (non-hydrogen) atoms. The molecule has 1 N–H and O–H groups in total. The zero-order chi connectivity index (χ0) is 13.9. The molecule has 0 aliphatic heterocycles. The first-order valence-corrected chi connectivity index (χ1v) is 8.33. The van der Waals surface area contributed by atoms with Crippen LogP contribution in [-0.2, 0) is 6.54 Å². The van der Waals surface area contributed by atoms with Gasteiger partial charge in [-0.3, -0.25) is 4.90 Å². The molecule has 0 aromatic carbocycles. The standard InChI is InChI=1S/C16H27NOS/c1-4-17(12-14-8-6-10-19-14)11-13-7-5-9-16(2,3)15(13)18/h6,8,10,13,15,18H,4-5,7,9,11-12H2,1-3H3. The van der Waals surface area contributed by atoms with E-state index >= 15 is 0 Å². The Hall–Kier alpha value is -0.380. The van der Waals surface area contributed by atoms with Crippen LogP contribution in [0.2, 0.25) is 0 Å². The number of hydrogen-bond acceptors (Lipinski definition) is 3. The Morgan fingerprint density at radius 1 is 1.47 bits per heavy atom. The SMILES string of the molecule is CCN(Cc1cccs1)CC1CCCC(C)(C)C1O. The van der Waals surface area contributed by atoms with Gasteiger partial charge >= 0.3 is 0 Å². The third-order valence-corrected chi connectivity index (χ3v) is 5.40. The van der Waals surface area contributed by atoms with Crippen LogP contribution in [0.25, 0.3) is 0 Å². The molecule has 108 valence electrons. The Kier molecular flexibility index (Phi) is 5.04. The summed E-state index contributed by atoms with van der Waals surface area (Å²) in [5.41, 5.74) is 0.0886. The molecular formula is C16H27NOS. The van der Waals surface area contributed by atoms with E-state index in [1.165, 1.54) is 17.7 Å². The summed E-state index contributed by atoms with van der Waals surface area (Å²) in [7, 11) is 0. The molecule has 1 saturated carbocycles. The van der Waals surface area contributed by atoms with Gasteiger partial charge in [-0.1, -0.05) is 33.3 Å². The highest BCUT2D eigenvalue weighted by Crippen LogP contribution is 2.39. The predicted molar refractivity (Wildman–Crippen MR) is 82.4 cm³/mol. The van der Waals surface area contributed by atoms with E-state index in [0.717, 1.165) is 26.1 Å². The summed E-state index contributed by atoms with van der Waals surface area (Å²) in [5, 5.41) is 12.7. The molecule has 3 heteroatoms. The van der Waals surface area contributed by atoms with Crippen molar-refractivity contribution in [2.24, 2.45) is 11.3 Å². The molecule has 1 fully saturated rings. The molecular weight excluding hydrogens is 254 g/mol. The maximum Gasteiger partial charge on any atom is 0.0631 e. The molecule has 0 bridgehead atoms. The second kappa shape index (κ2) is 6.38. The minimum atomic E-state index is -0.154. The smallest absolute Gasteiger partial charge is 0.0631 e. The molecule has 0 radical (unpaired) electrons. The van der Waals surface area contributed by atoms with Gasteiger partial charge in [0, 0.05) is 18.0 Å². The molecule has 0 saturated heterocycles. The molecule has 0 amide bonds. The molecule has 2 rings (SSSR count). The summed E-state index contributed by atoms with van der Waals surface area (Å²) in [6, 6.07) is 4.32. The fraction of sp³-hybridized carbons (Fsp3) is 0.750. The summed E-state index contributed by atoms with van der Waals surface area (Å²) in [5.74, 6) is 0.434. The minimum absolute atomic E-state index is 0.0886. The van der Waals surface area contributed by atoms with E-state index in [-0.39, 0.29) is 11.5 Å². The molecule has 2 nitrogen and oxygen atoms in total. The first-order valence-electron chi connectivity index (χ1n) is 7.45. The highest BCUT2D eigenvalue weighted by molar-refractivity contribution is 7.09. The maximum absolute atomic E-state index is 10.5. The first kappa shape index (κ1) is 15.0. The van der Waals surface area contributed by atoms with Gasteiger partial charge in [0.25, 0.3) is 0 Å². The van der Waals surface area contributed by atoms with Crippen LogP contribution < -0.4 is 0 Å². The minimum Gasteiger partial charge on any atom is -0.392 e. The molecule has 2 unspecified atom stereocenters. The van der Waals surface area contributed by atoms with Crippen LogP contribution in [0, 0.1) is 11.3 Å². The van der Waals surface area contributed by atoms with Gasteiger partial charge in [-0.25, -0.2) is 0 Å². The van der Waals surface area contributed by atoms with E-state index in [1.54, 1.807) is 0 Å². The Balaban J connectivity index is 1.94. The summed E-state index contributed by atoms with van der Waals surface area (Å²) >= 11 is 1.83. The quantitative estimate of drug-likeness (QED) is 0.888. The van der Waals surface area contributed by atoms with Gasteiger partial charge < -0.3 is 5.11 Å². The van der Waals surface area contributed by atoms with E-state index in [9.17, 15) is 5.11 Å². The third-order valence-electron chi connectivity index (χ3n) is 4.54. The average molecular weight is 281 g/mol. The second-order valence-corrected chi connectivity index (χ2v) is 7.53. The Labute approximate surface area is 121 Å². The van der Waals surface area contributed by atoms with Crippen LogP contribution in [0.5, 0.6) is 0 Å². The van der Waals surface area contributed by atoms with Crippen molar-refractivity contribution in [3.8, 4) is 0 Å². The van der Waals surface area contributed by atoms with Gasteiger partial charge in [-0.2, -0.15) is 0 Å². The van der Waals surface area contributed by atoms with Gasteiger partial charge in [0.05, 0.1) is 6.10 Å². The number of hydrogen-bond donors (Lipinski definition) is 1. The van der Waals surface area contributed by atoms with E-state index in [0.29, 0.717) is 5.92 Å². The van der Waals surface area contributed by atoms with E-state index in [4.69, 9.17) is 0 Å². The molecule has 1 aromatic rings. The topological polar surface area (TPSA) is 23.5 Å². The van der Waals surface area contributed by atoms with Crippen LogP contribution >= 0.6 is 11.3 Å². The summed E-state index contributed by atoms with van der Waals surface area (Å²) in [4.78, 5) is 3.90. The summed E-state index contributed by atoms with van der Waals surface area (Å²) < 4.78 is 0. The highest BCUT2D eigenvalue weighted by atomic mass is 32.1. The van der Waals surface area contributed by atoms with Crippen molar-refractivity contribution < 1.29 is 5.11 Å². The molecule has 0 spiro atoms. The van der Waals surface area contributed by atoms with Crippen molar-refractivity contribution in [1.29, 1.82) is 0 Å². The Morgan fingerprint density at radius 3 is 2.89 bits per heavy atom. The van der Waals surface area contributed by atoms with Gasteiger partial charge in [0.15, 0.2) is 0 Å². The van der Waals surface area contributed by atoms with Crippen molar-refractivity contribution in [3.05, 3.63) is 22.4 Å². The zero-order valence-corrected chi connectivity index (χ0v) is 13.2. The van der Waals surface area contributed by atoms with Crippen LogP contribution in [0.4, 0.5) is 0 Å². The van der Waals surface area contributed by atoms with Crippen LogP contribution in [0.15, 0.2) is 17.5 Å². The molecule has 2 atom stereocenters. The fourth-order valence-corrected chi connectivity index (χ4v) is 3.96. The largest absolute Gasteiger partial charge is 0.392 e. The van der Waals surface area contributed by atoms with Gasteiger partial charge in [0.1, 0.15) is 0 Å². The molecule has 1 aromatic heterocycles. The van der Waals surface area contributed by atoms with E-state index in [2.05, 4.69) is 43.2 Å². The van der Waals surface area contributed by atoms with Crippen molar-refractivity contribution in [2.45, 2.75) is 52.7 Å². The predicted octanol–water partition coefficient (Wildman–Crippen LogP) is 3.76. The lowest BCUT2D eigenvalue weighted by Crippen LogP contribution is -2.44. The monoisotopic (exact) mass is 281 g/mol. The van der Waals surface area contributed by atoms with Crippen molar-refractivity contribution >= 4 is 11.3 Å². The van der Waals surface area contributed by atoms with Crippen LogP contribution in [0.3, 0.4) is 0 Å². The average Bonchev–Trinajstić information content (AvgIpc) is 2.86. The number of aliphatic hydroxyl groups is 1. The fourth-order valence-electron chi connectivity index (χ4n) is 3.21. The number of rotatable bonds is 5. The number of thiophene rings is 1. The lowest BCUT2D eigenvalue weighted by atomic mass is 9.69. The van der Waals surface area contributed by atoms with Crippen LogP contribution in [0.1, 0.15) is 44.9 Å². The lowest BCUT2D eigenvalue weighted by molar-refractivity contribution is -0.0432. The van der Waals surface area contributed by atoms with E-state index < -0.39 is 0 Å². The van der Waals surface area contributed by atoms with Crippen molar-refractivity contribution in [1.82, 2.24) is 4.90 Å². The number of nitrogens with zero attached hydrogens (tertiary/aromatic N) is 1. The van der Waals surface area contributed by atoms with E-state index in [1.807, 2.05) is 11.3 Å². The maximum atomic E-state index is 10.5. The van der Waals surface area contributed by atoms with Gasteiger partial charge in [-0.15, -0.1) is 11.3 Å². The number of aliphatic hydroxyl groups excluding tert-OH is 1. The molecule has 1 heterocycles. The highest BCUT2D eigenvalue weighted by Gasteiger charge is 2.38. The van der Waals surface area contributed by atoms with Crippen LogP contribution in [-0.4, -0.2) is 29.2 Å². The molecule has 1 aliphatic carbocycles. The van der Waals surface area contributed by atoms with Gasteiger partial charge in [0.2, 0.25) is 0 Å². The Bertz CT molecular complexity index is 374. The Morgan fingerprint density at radius 2 is 2.26 bits per heavy atom. The van der Waals surface area contributed by atoms with Gasteiger partial charge in [-0.05, 0) is 42.2 Å². The lowest BCUT2D eigenvalue weighted by Gasteiger charge is -2.42.